The SMILES string of the molecule is CC(CC(=O)Nc1ccccc1)N[C@@H]1C=C[C@H](CO)C1. The second-order valence-electron chi connectivity index (χ2n) is 5.36. The van der Waals surface area contributed by atoms with E-state index in [0.717, 1.165) is 12.1 Å². The summed E-state index contributed by atoms with van der Waals surface area (Å²) in [4.78, 5) is 11.9. The number of anilines is 1. The Morgan fingerprint density at radius 3 is 2.75 bits per heavy atom. The minimum absolute atomic E-state index is 0.0110. The Morgan fingerprint density at radius 2 is 2.10 bits per heavy atom. The Hall–Kier alpha value is -1.65. The zero-order valence-corrected chi connectivity index (χ0v) is 11.8. The fourth-order valence-electron chi connectivity index (χ4n) is 2.47. The van der Waals surface area contributed by atoms with Crippen molar-refractivity contribution in [3.8, 4) is 0 Å². The summed E-state index contributed by atoms with van der Waals surface area (Å²) < 4.78 is 0. The van der Waals surface area contributed by atoms with Gasteiger partial charge in [0.25, 0.3) is 0 Å². The Morgan fingerprint density at radius 1 is 1.35 bits per heavy atom. The van der Waals surface area contributed by atoms with Crippen LogP contribution in [0, 0.1) is 5.92 Å². The van der Waals surface area contributed by atoms with Crippen LogP contribution in [-0.2, 0) is 4.79 Å². The van der Waals surface area contributed by atoms with Gasteiger partial charge in [0.2, 0.25) is 5.91 Å². The maximum Gasteiger partial charge on any atom is 0.225 e. The van der Waals surface area contributed by atoms with Gasteiger partial charge in [0.05, 0.1) is 0 Å². The van der Waals surface area contributed by atoms with Gasteiger partial charge in [-0.25, -0.2) is 0 Å². The molecule has 1 aliphatic rings. The summed E-state index contributed by atoms with van der Waals surface area (Å²) >= 11 is 0. The van der Waals surface area contributed by atoms with Crippen LogP contribution in [0.25, 0.3) is 0 Å². The van der Waals surface area contributed by atoms with Crippen LogP contribution in [0.2, 0.25) is 0 Å². The first-order valence-corrected chi connectivity index (χ1v) is 7.07. The quantitative estimate of drug-likeness (QED) is 0.695. The molecular formula is C16H22N2O2. The fourth-order valence-corrected chi connectivity index (χ4v) is 2.47. The van der Waals surface area contributed by atoms with Crippen molar-refractivity contribution in [1.29, 1.82) is 0 Å². The largest absolute Gasteiger partial charge is 0.396 e. The first-order chi connectivity index (χ1) is 9.67. The summed E-state index contributed by atoms with van der Waals surface area (Å²) in [6, 6.07) is 9.83. The minimum atomic E-state index is 0.0110. The average molecular weight is 274 g/mol. The van der Waals surface area contributed by atoms with Gasteiger partial charge < -0.3 is 15.7 Å². The highest BCUT2D eigenvalue weighted by atomic mass is 16.3. The van der Waals surface area contributed by atoms with Crippen LogP contribution in [0.15, 0.2) is 42.5 Å². The van der Waals surface area contributed by atoms with Gasteiger partial charge >= 0.3 is 0 Å². The van der Waals surface area contributed by atoms with Crippen LogP contribution in [0.1, 0.15) is 19.8 Å². The third-order valence-corrected chi connectivity index (χ3v) is 3.45. The number of hydrogen-bond acceptors (Lipinski definition) is 3. The zero-order chi connectivity index (χ0) is 14.4. The second kappa shape index (κ2) is 7.22. The number of aliphatic hydroxyl groups is 1. The molecule has 20 heavy (non-hydrogen) atoms. The Labute approximate surface area is 119 Å². The molecule has 0 spiro atoms. The number of nitrogens with one attached hydrogen (secondary N) is 2. The van der Waals surface area contributed by atoms with Crippen LogP contribution in [0.4, 0.5) is 5.69 Å². The van der Waals surface area contributed by atoms with Crippen LogP contribution >= 0.6 is 0 Å². The van der Waals surface area contributed by atoms with Crippen molar-refractivity contribution in [3.63, 3.8) is 0 Å². The molecule has 108 valence electrons. The third kappa shape index (κ3) is 4.47. The molecule has 0 bridgehead atoms. The highest BCUT2D eigenvalue weighted by Gasteiger charge is 2.20. The number of para-hydroxylation sites is 1. The third-order valence-electron chi connectivity index (χ3n) is 3.45. The van der Waals surface area contributed by atoms with Gasteiger partial charge in [0, 0.05) is 36.7 Å². The molecule has 1 amide bonds. The molecule has 0 heterocycles. The number of benzene rings is 1. The van der Waals surface area contributed by atoms with Crippen molar-refractivity contribution in [2.24, 2.45) is 5.92 Å². The molecule has 3 atom stereocenters. The van der Waals surface area contributed by atoms with E-state index in [0.29, 0.717) is 6.42 Å². The summed E-state index contributed by atoms with van der Waals surface area (Å²) in [6.07, 6.45) is 5.45. The van der Waals surface area contributed by atoms with Crippen molar-refractivity contribution in [1.82, 2.24) is 5.32 Å². The first-order valence-electron chi connectivity index (χ1n) is 7.07. The van der Waals surface area contributed by atoms with Crippen LogP contribution in [-0.4, -0.2) is 29.7 Å². The van der Waals surface area contributed by atoms with Crippen LogP contribution < -0.4 is 10.6 Å². The Bertz CT molecular complexity index is 459. The Kier molecular flexibility index (Phi) is 5.32. The Balaban J connectivity index is 1.73. The fraction of sp³-hybridized carbons (Fsp3) is 0.438. The summed E-state index contributed by atoms with van der Waals surface area (Å²) in [5.41, 5.74) is 0.825. The van der Waals surface area contributed by atoms with Crippen molar-refractivity contribution in [2.45, 2.75) is 31.8 Å². The average Bonchev–Trinajstić information content (AvgIpc) is 2.87. The number of amides is 1. The first kappa shape index (κ1) is 14.8. The smallest absolute Gasteiger partial charge is 0.225 e. The monoisotopic (exact) mass is 274 g/mol. The highest BCUT2D eigenvalue weighted by Crippen LogP contribution is 2.17. The summed E-state index contributed by atoms with van der Waals surface area (Å²) in [5, 5.41) is 15.4. The molecule has 1 aromatic carbocycles. The second-order valence-corrected chi connectivity index (χ2v) is 5.36. The van der Waals surface area contributed by atoms with Crippen molar-refractivity contribution < 1.29 is 9.90 Å². The lowest BCUT2D eigenvalue weighted by atomic mass is 10.1. The van der Waals surface area contributed by atoms with E-state index in [-0.39, 0.29) is 30.5 Å². The topological polar surface area (TPSA) is 61.4 Å². The zero-order valence-electron chi connectivity index (χ0n) is 11.8. The molecule has 0 saturated heterocycles. The molecule has 3 N–H and O–H groups in total. The van der Waals surface area contributed by atoms with Gasteiger partial charge in [-0.05, 0) is 25.5 Å². The van der Waals surface area contributed by atoms with Gasteiger partial charge in [0.1, 0.15) is 0 Å². The molecule has 4 heteroatoms. The van der Waals surface area contributed by atoms with E-state index >= 15 is 0 Å². The van der Waals surface area contributed by atoms with Gasteiger partial charge in [-0.1, -0.05) is 30.4 Å². The van der Waals surface area contributed by atoms with Crippen LogP contribution in [0.5, 0.6) is 0 Å². The molecule has 1 aromatic rings. The van der Waals surface area contributed by atoms with Crippen LogP contribution in [0.3, 0.4) is 0 Å². The number of carbonyl (C=O) groups is 1. The van der Waals surface area contributed by atoms with Crippen molar-refractivity contribution in [2.75, 3.05) is 11.9 Å². The molecule has 0 aromatic heterocycles. The van der Waals surface area contributed by atoms with E-state index in [9.17, 15) is 4.79 Å². The van der Waals surface area contributed by atoms with Gasteiger partial charge in [-0.3, -0.25) is 4.79 Å². The lowest BCUT2D eigenvalue weighted by molar-refractivity contribution is -0.116. The number of hydrogen-bond donors (Lipinski definition) is 3. The van der Waals surface area contributed by atoms with Crippen molar-refractivity contribution >= 4 is 11.6 Å². The van der Waals surface area contributed by atoms with Gasteiger partial charge in [0.15, 0.2) is 0 Å². The molecular weight excluding hydrogens is 252 g/mol. The van der Waals surface area contributed by atoms with E-state index in [2.05, 4.69) is 16.7 Å². The van der Waals surface area contributed by atoms with E-state index in [4.69, 9.17) is 5.11 Å². The standard InChI is InChI=1S/C16H22N2O2/c1-12(17-15-8-7-13(10-15)11-19)9-16(20)18-14-5-3-2-4-6-14/h2-8,12-13,15,17,19H,9-11H2,1H3,(H,18,20)/t12?,13-,15+/m0/s1. The van der Waals surface area contributed by atoms with E-state index in [1.54, 1.807) is 0 Å². The van der Waals surface area contributed by atoms with E-state index in [1.165, 1.54) is 0 Å². The predicted octanol–water partition coefficient (Wildman–Crippen LogP) is 1.93. The summed E-state index contributed by atoms with van der Waals surface area (Å²) in [5.74, 6) is 0.259. The maximum absolute atomic E-state index is 11.9. The maximum atomic E-state index is 11.9. The lowest BCUT2D eigenvalue weighted by Gasteiger charge is -2.19. The summed E-state index contributed by atoms with van der Waals surface area (Å²) in [6.45, 7) is 2.20. The molecule has 0 radical (unpaired) electrons. The summed E-state index contributed by atoms with van der Waals surface area (Å²) in [7, 11) is 0. The molecule has 1 unspecified atom stereocenters. The number of aliphatic hydroxyl groups excluding tert-OH is 1. The van der Waals surface area contributed by atoms with Gasteiger partial charge in [-0.2, -0.15) is 0 Å². The minimum Gasteiger partial charge on any atom is -0.396 e. The number of carbonyl (C=O) groups excluding carboxylic acids is 1. The van der Waals surface area contributed by atoms with Gasteiger partial charge in [-0.15, -0.1) is 0 Å². The lowest BCUT2D eigenvalue weighted by Crippen LogP contribution is -2.37. The number of rotatable bonds is 6. The molecule has 0 saturated carbocycles. The van der Waals surface area contributed by atoms with Crippen molar-refractivity contribution in [3.05, 3.63) is 42.5 Å². The molecule has 0 aliphatic heterocycles. The molecule has 4 nitrogen and oxygen atoms in total. The predicted molar refractivity (Wildman–Crippen MR) is 80.4 cm³/mol. The molecule has 2 rings (SSSR count). The van der Waals surface area contributed by atoms with E-state index < -0.39 is 0 Å². The normalized spacial score (nSPS) is 22.7. The van der Waals surface area contributed by atoms with E-state index in [1.807, 2.05) is 43.3 Å². The molecule has 1 aliphatic carbocycles. The highest BCUT2D eigenvalue weighted by molar-refractivity contribution is 5.90. The molecule has 0 fully saturated rings.